The van der Waals surface area contributed by atoms with Gasteiger partial charge in [-0.3, -0.25) is 4.57 Å². The first-order valence-electron chi connectivity index (χ1n) is 5.00. The van der Waals surface area contributed by atoms with E-state index in [4.69, 9.17) is 0 Å². The predicted octanol–water partition coefficient (Wildman–Crippen LogP) is 2.01. The molecule has 1 aliphatic rings. The predicted molar refractivity (Wildman–Crippen MR) is 64.7 cm³/mol. The molecule has 0 spiro atoms. The summed E-state index contributed by atoms with van der Waals surface area (Å²) in [6.45, 7) is 6.17. The van der Waals surface area contributed by atoms with Crippen molar-refractivity contribution in [2.45, 2.75) is 20.8 Å². The van der Waals surface area contributed by atoms with Gasteiger partial charge in [-0.2, -0.15) is 5.10 Å². The van der Waals surface area contributed by atoms with E-state index < -0.39 is 0 Å². The number of thiophene rings is 1. The van der Waals surface area contributed by atoms with Crippen LogP contribution in [0.4, 0.5) is 5.95 Å². The maximum atomic E-state index is 4.15. The minimum Gasteiger partial charge on any atom is -0.254 e. The van der Waals surface area contributed by atoms with Crippen LogP contribution in [0.2, 0.25) is 0 Å². The molecule has 6 heteroatoms. The fraction of sp³-hybridized carbons (Fsp3) is 0.300. The van der Waals surface area contributed by atoms with Crippen molar-refractivity contribution in [1.82, 2.24) is 14.8 Å². The van der Waals surface area contributed by atoms with Gasteiger partial charge in [-0.1, -0.05) is 0 Å². The van der Waals surface area contributed by atoms with Crippen LogP contribution >= 0.6 is 11.3 Å². The molecule has 0 unspecified atom stereocenters. The molecule has 5 nitrogen and oxygen atoms in total. The minimum absolute atomic E-state index is 0.675. The monoisotopic (exact) mass is 233 g/mol. The molecule has 2 aromatic heterocycles. The zero-order valence-corrected chi connectivity index (χ0v) is 10.1. The van der Waals surface area contributed by atoms with Crippen molar-refractivity contribution < 1.29 is 0 Å². The van der Waals surface area contributed by atoms with Crippen molar-refractivity contribution in [1.29, 1.82) is 0 Å². The van der Waals surface area contributed by atoms with Crippen LogP contribution in [0.1, 0.15) is 21.8 Å². The minimum atomic E-state index is 0.675. The topological polar surface area (TPSA) is 55.1 Å². The molecule has 0 radical (unpaired) electrons. The highest BCUT2D eigenvalue weighted by molar-refractivity contribution is 7.15. The van der Waals surface area contributed by atoms with E-state index in [1.165, 1.54) is 10.4 Å². The van der Waals surface area contributed by atoms with E-state index >= 15 is 0 Å². The van der Waals surface area contributed by atoms with Crippen LogP contribution in [-0.4, -0.2) is 21.0 Å². The Balaban J connectivity index is 2.38. The van der Waals surface area contributed by atoms with Crippen LogP contribution in [0.5, 0.6) is 0 Å². The second kappa shape index (κ2) is 3.15. The van der Waals surface area contributed by atoms with Gasteiger partial charge in [0.25, 0.3) is 0 Å². The third-order valence-corrected chi connectivity index (χ3v) is 4.01. The summed E-state index contributed by atoms with van der Waals surface area (Å²) in [5.74, 6) is 1.55. The van der Waals surface area contributed by atoms with E-state index in [0.717, 1.165) is 16.4 Å². The number of fused-ring (bicyclic) bond motifs is 3. The first-order valence-corrected chi connectivity index (χ1v) is 5.81. The van der Waals surface area contributed by atoms with Gasteiger partial charge in [0.2, 0.25) is 5.95 Å². The quantitative estimate of drug-likeness (QED) is 0.757. The van der Waals surface area contributed by atoms with E-state index in [0.29, 0.717) is 5.95 Å². The Labute approximate surface area is 96.8 Å². The molecular weight excluding hydrogens is 222 g/mol. The van der Waals surface area contributed by atoms with Crippen molar-refractivity contribution in [3.63, 3.8) is 0 Å². The molecular formula is C10H11N5S. The summed E-state index contributed by atoms with van der Waals surface area (Å²) in [5, 5.41) is 13.4. The van der Waals surface area contributed by atoms with Gasteiger partial charge in [0.1, 0.15) is 10.8 Å². The summed E-state index contributed by atoms with van der Waals surface area (Å²) in [4.78, 5) is 1.30. The molecule has 3 rings (SSSR count). The van der Waals surface area contributed by atoms with E-state index in [1.807, 2.05) is 17.7 Å². The summed E-state index contributed by atoms with van der Waals surface area (Å²) in [5.41, 5.74) is 5.31. The number of hydrogen-bond donors (Lipinski definition) is 1. The van der Waals surface area contributed by atoms with Crippen LogP contribution in [0, 0.1) is 20.8 Å². The summed E-state index contributed by atoms with van der Waals surface area (Å²) in [6.07, 6.45) is 1.85. The van der Waals surface area contributed by atoms with Crippen LogP contribution < -0.4 is 5.43 Å². The fourth-order valence-electron chi connectivity index (χ4n) is 1.78. The molecule has 16 heavy (non-hydrogen) atoms. The van der Waals surface area contributed by atoms with Crippen molar-refractivity contribution in [3.05, 3.63) is 21.8 Å². The Morgan fingerprint density at radius 1 is 1.25 bits per heavy atom. The number of aromatic nitrogens is 3. The maximum Gasteiger partial charge on any atom is 0.250 e. The SMILES string of the molecule is Cc1sc2c(c1C)C=NNc1nnc(C)n1-2. The smallest absolute Gasteiger partial charge is 0.250 e. The molecule has 82 valence electrons. The number of nitrogens with zero attached hydrogens (tertiary/aromatic N) is 4. The zero-order chi connectivity index (χ0) is 11.3. The molecule has 0 atom stereocenters. The molecule has 2 aromatic rings. The Morgan fingerprint density at radius 3 is 2.88 bits per heavy atom. The first-order chi connectivity index (χ1) is 7.68. The molecule has 0 aromatic carbocycles. The Bertz CT molecular complexity index is 593. The van der Waals surface area contributed by atoms with E-state index in [2.05, 4.69) is 34.6 Å². The number of hydrogen-bond acceptors (Lipinski definition) is 5. The Hall–Kier alpha value is -1.69. The lowest BCUT2D eigenvalue weighted by Crippen LogP contribution is -1.99. The van der Waals surface area contributed by atoms with Gasteiger partial charge in [-0.15, -0.1) is 21.5 Å². The highest BCUT2D eigenvalue weighted by Gasteiger charge is 2.20. The number of rotatable bonds is 0. The molecule has 1 N–H and O–H groups in total. The molecule has 3 heterocycles. The fourth-order valence-corrected chi connectivity index (χ4v) is 2.96. The highest BCUT2D eigenvalue weighted by atomic mass is 32.1. The van der Waals surface area contributed by atoms with Crippen LogP contribution in [-0.2, 0) is 0 Å². The van der Waals surface area contributed by atoms with Crippen molar-refractivity contribution in [2.24, 2.45) is 5.10 Å². The van der Waals surface area contributed by atoms with Crippen LogP contribution in [0.3, 0.4) is 0 Å². The lowest BCUT2D eigenvalue weighted by atomic mass is 10.2. The summed E-state index contributed by atoms with van der Waals surface area (Å²) >= 11 is 1.74. The first kappa shape index (κ1) is 9.53. The largest absolute Gasteiger partial charge is 0.254 e. The van der Waals surface area contributed by atoms with Gasteiger partial charge in [0, 0.05) is 10.4 Å². The van der Waals surface area contributed by atoms with Crippen molar-refractivity contribution in [2.75, 3.05) is 5.43 Å². The molecule has 0 saturated carbocycles. The second-order valence-corrected chi connectivity index (χ2v) is 4.98. The average molecular weight is 233 g/mol. The number of hydrazone groups is 1. The molecule has 0 fully saturated rings. The Kier molecular flexibility index (Phi) is 1.88. The van der Waals surface area contributed by atoms with Crippen molar-refractivity contribution >= 4 is 23.5 Å². The van der Waals surface area contributed by atoms with Gasteiger partial charge in [0.15, 0.2) is 0 Å². The normalized spacial score (nSPS) is 12.9. The maximum absolute atomic E-state index is 4.15. The van der Waals surface area contributed by atoms with Gasteiger partial charge in [0.05, 0.1) is 6.21 Å². The van der Waals surface area contributed by atoms with Gasteiger partial charge < -0.3 is 0 Å². The molecule has 1 aliphatic heterocycles. The lowest BCUT2D eigenvalue weighted by molar-refractivity contribution is 0.984. The standard InChI is InChI=1S/C10H11N5S/c1-5-6(2)16-9-8(5)4-11-13-10-14-12-7(3)15(9)10/h4H,1-3H3,(H,13,14). The average Bonchev–Trinajstić information content (AvgIpc) is 2.67. The number of aryl methyl sites for hydroxylation is 2. The number of nitrogens with one attached hydrogen (secondary N) is 1. The van der Waals surface area contributed by atoms with E-state index in [-0.39, 0.29) is 0 Å². The molecule has 0 bridgehead atoms. The molecule has 0 aliphatic carbocycles. The molecule has 0 saturated heterocycles. The van der Waals surface area contributed by atoms with Gasteiger partial charge in [-0.25, -0.2) is 5.43 Å². The second-order valence-electron chi connectivity index (χ2n) is 3.78. The highest BCUT2D eigenvalue weighted by Crippen LogP contribution is 2.33. The van der Waals surface area contributed by atoms with Crippen LogP contribution in [0.15, 0.2) is 5.10 Å². The molecule has 0 amide bonds. The van der Waals surface area contributed by atoms with E-state index in [9.17, 15) is 0 Å². The third kappa shape index (κ3) is 1.13. The van der Waals surface area contributed by atoms with Gasteiger partial charge in [-0.05, 0) is 26.3 Å². The summed E-state index contributed by atoms with van der Waals surface area (Å²) < 4.78 is 2.01. The zero-order valence-electron chi connectivity index (χ0n) is 9.27. The summed E-state index contributed by atoms with van der Waals surface area (Å²) in [7, 11) is 0. The van der Waals surface area contributed by atoms with Crippen LogP contribution in [0.25, 0.3) is 5.00 Å². The van der Waals surface area contributed by atoms with Crippen molar-refractivity contribution in [3.8, 4) is 5.00 Å². The Morgan fingerprint density at radius 2 is 2.06 bits per heavy atom. The third-order valence-electron chi connectivity index (χ3n) is 2.80. The van der Waals surface area contributed by atoms with Gasteiger partial charge >= 0.3 is 0 Å². The lowest BCUT2D eigenvalue weighted by Gasteiger charge is -2.03. The van der Waals surface area contributed by atoms with E-state index in [1.54, 1.807) is 11.3 Å². The number of anilines is 1. The summed E-state index contributed by atoms with van der Waals surface area (Å²) in [6, 6.07) is 0.